The van der Waals surface area contributed by atoms with Crippen LogP contribution in [0.2, 0.25) is 0 Å². The smallest absolute Gasteiger partial charge is 0.132 e. The first-order valence-electron chi connectivity index (χ1n) is 2.48. The van der Waals surface area contributed by atoms with E-state index in [9.17, 15) is 0 Å². The largest absolute Gasteiger partial charge is 0.315 e. The second-order valence-electron chi connectivity index (χ2n) is 1.77. The second kappa shape index (κ2) is 2.52. The van der Waals surface area contributed by atoms with E-state index in [0.29, 0.717) is 0 Å². The Hall–Kier alpha value is -0.0000000000000000555. The Morgan fingerprint density at radius 1 is 1.88 bits per heavy atom. The molecule has 0 fully saturated rings. The molecular formula is C4H8IN3. The fraction of sp³-hybridized carbons (Fsp3) is 0.750. The van der Waals surface area contributed by atoms with Crippen molar-refractivity contribution < 1.29 is 0 Å². The van der Waals surface area contributed by atoms with E-state index in [-0.39, 0.29) is 0 Å². The van der Waals surface area contributed by atoms with Crippen molar-refractivity contribution in [3.05, 3.63) is 0 Å². The lowest BCUT2D eigenvalue weighted by Crippen LogP contribution is -2.07. The number of rotatable bonds is 0. The van der Waals surface area contributed by atoms with Gasteiger partial charge in [0.05, 0.1) is 22.9 Å². The topological polar surface area (TPSA) is 27.6 Å². The molecule has 3 nitrogen and oxygen atoms in total. The third-order valence-corrected chi connectivity index (χ3v) is 1.70. The zero-order valence-corrected chi connectivity index (χ0v) is 6.84. The number of hydrogen-bond acceptors (Lipinski definition) is 3. The van der Waals surface area contributed by atoms with E-state index in [0.717, 1.165) is 18.8 Å². The Morgan fingerprint density at radius 3 is 2.88 bits per heavy atom. The van der Waals surface area contributed by atoms with Crippen LogP contribution in [0.4, 0.5) is 0 Å². The molecule has 1 aliphatic rings. The zero-order valence-electron chi connectivity index (χ0n) is 4.69. The third-order valence-electron chi connectivity index (χ3n) is 1.07. The van der Waals surface area contributed by atoms with Crippen molar-refractivity contribution in [1.82, 2.24) is 8.54 Å². The number of nitrogens with zero attached hydrogens (tertiary/aromatic N) is 2. The van der Waals surface area contributed by atoms with Crippen molar-refractivity contribution >= 4 is 28.7 Å². The van der Waals surface area contributed by atoms with Gasteiger partial charge in [0.2, 0.25) is 0 Å². The van der Waals surface area contributed by atoms with Crippen LogP contribution in [0.3, 0.4) is 0 Å². The maximum Gasteiger partial charge on any atom is 0.132 e. The summed E-state index contributed by atoms with van der Waals surface area (Å²) in [4.78, 5) is 0. The van der Waals surface area contributed by atoms with E-state index in [1.807, 2.05) is 12.1 Å². The number of nitrogens with one attached hydrogen (secondary N) is 1. The second-order valence-corrected chi connectivity index (χ2v) is 2.31. The minimum absolute atomic E-state index is 1.05. The first-order chi connectivity index (χ1) is 3.83. The monoisotopic (exact) mass is 225 g/mol. The van der Waals surface area contributed by atoms with Gasteiger partial charge in [-0.3, -0.25) is 5.01 Å². The molecule has 0 amide bonds. The molecule has 0 saturated heterocycles. The minimum Gasteiger partial charge on any atom is -0.315 e. The molecule has 46 valence electrons. The van der Waals surface area contributed by atoms with E-state index < -0.39 is 0 Å². The molecule has 0 bridgehead atoms. The summed E-state index contributed by atoms with van der Waals surface area (Å²) in [6, 6.07) is 0. The molecule has 1 aliphatic heterocycles. The number of hydrazone groups is 1. The number of halogens is 1. The first kappa shape index (κ1) is 6.12. The van der Waals surface area contributed by atoms with Crippen LogP contribution in [-0.4, -0.2) is 24.4 Å². The van der Waals surface area contributed by atoms with Gasteiger partial charge in [-0.25, -0.2) is 0 Å². The number of amidine groups is 1. The van der Waals surface area contributed by atoms with Crippen molar-refractivity contribution in [2.75, 3.05) is 13.6 Å². The van der Waals surface area contributed by atoms with E-state index in [1.54, 1.807) is 0 Å². The highest BCUT2D eigenvalue weighted by atomic mass is 127. The Kier molecular flexibility index (Phi) is 1.93. The van der Waals surface area contributed by atoms with Crippen molar-refractivity contribution in [2.24, 2.45) is 5.10 Å². The van der Waals surface area contributed by atoms with Gasteiger partial charge in [-0.15, -0.1) is 0 Å². The van der Waals surface area contributed by atoms with E-state index in [4.69, 9.17) is 0 Å². The van der Waals surface area contributed by atoms with Gasteiger partial charge in [0.1, 0.15) is 5.84 Å². The Morgan fingerprint density at radius 2 is 2.62 bits per heavy atom. The molecule has 1 heterocycles. The normalized spacial score (nSPS) is 18.8. The lowest BCUT2D eigenvalue weighted by molar-refractivity contribution is 0.393. The quantitative estimate of drug-likeness (QED) is 0.482. The molecular weight excluding hydrogens is 217 g/mol. The SMILES string of the molecule is CN1CCC(NI)=N1. The van der Waals surface area contributed by atoms with Crippen LogP contribution in [-0.2, 0) is 0 Å². The predicted molar refractivity (Wildman–Crippen MR) is 41.8 cm³/mol. The summed E-state index contributed by atoms with van der Waals surface area (Å²) in [5.41, 5.74) is 0. The molecule has 8 heavy (non-hydrogen) atoms. The Balaban J connectivity index is 2.44. The minimum atomic E-state index is 1.05. The third kappa shape index (κ3) is 1.24. The summed E-state index contributed by atoms with van der Waals surface area (Å²) >= 11 is 2.09. The van der Waals surface area contributed by atoms with Gasteiger partial charge in [0.15, 0.2) is 0 Å². The van der Waals surface area contributed by atoms with Gasteiger partial charge in [0, 0.05) is 20.0 Å². The molecule has 0 spiro atoms. The standard InChI is InChI=1S/C4H8IN3/c1-8-3-2-4(6-5)7-8/h2-3H2,1H3,(H,6,7). The van der Waals surface area contributed by atoms with Crippen LogP contribution >= 0.6 is 22.9 Å². The highest BCUT2D eigenvalue weighted by Gasteiger charge is 2.07. The first-order valence-corrected chi connectivity index (χ1v) is 3.56. The van der Waals surface area contributed by atoms with E-state index in [1.165, 1.54) is 0 Å². The van der Waals surface area contributed by atoms with Gasteiger partial charge >= 0.3 is 0 Å². The predicted octanol–water partition coefficient (Wildman–Crippen LogP) is 0.575. The molecule has 0 unspecified atom stereocenters. The van der Waals surface area contributed by atoms with E-state index in [2.05, 4.69) is 31.5 Å². The van der Waals surface area contributed by atoms with Crippen molar-refractivity contribution in [3.8, 4) is 0 Å². The molecule has 0 radical (unpaired) electrons. The summed E-state index contributed by atoms with van der Waals surface area (Å²) < 4.78 is 2.97. The zero-order chi connectivity index (χ0) is 5.98. The van der Waals surface area contributed by atoms with Crippen LogP contribution in [0, 0.1) is 0 Å². The maximum absolute atomic E-state index is 4.14. The lowest BCUT2D eigenvalue weighted by Gasteiger charge is -2.00. The Bertz CT molecular complexity index is 112. The van der Waals surface area contributed by atoms with Crippen LogP contribution in [0.1, 0.15) is 6.42 Å². The number of hydrogen-bond donors (Lipinski definition) is 1. The fourth-order valence-electron chi connectivity index (χ4n) is 0.640. The Labute approximate surface area is 62.6 Å². The summed E-state index contributed by atoms with van der Waals surface area (Å²) in [7, 11) is 1.97. The van der Waals surface area contributed by atoms with Crippen molar-refractivity contribution in [1.29, 1.82) is 0 Å². The molecule has 0 aliphatic carbocycles. The summed E-state index contributed by atoms with van der Waals surface area (Å²) in [5, 5.41) is 6.07. The van der Waals surface area contributed by atoms with Gasteiger partial charge in [-0.05, 0) is 0 Å². The highest BCUT2D eigenvalue weighted by molar-refractivity contribution is 14.1. The fourth-order valence-corrected chi connectivity index (χ4v) is 1.02. The summed E-state index contributed by atoms with van der Waals surface area (Å²) in [6.45, 7) is 1.05. The van der Waals surface area contributed by atoms with Crippen LogP contribution in [0.5, 0.6) is 0 Å². The molecule has 1 rings (SSSR count). The van der Waals surface area contributed by atoms with E-state index >= 15 is 0 Å². The van der Waals surface area contributed by atoms with Crippen molar-refractivity contribution in [3.63, 3.8) is 0 Å². The van der Waals surface area contributed by atoms with Crippen LogP contribution in [0.25, 0.3) is 0 Å². The maximum atomic E-state index is 4.14. The average molecular weight is 225 g/mol. The lowest BCUT2D eigenvalue weighted by atomic mass is 10.4. The van der Waals surface area contributed by atoms with Gasteiger partial charge in [-0.1, -0.05) is 0 Å². The molecule has 0 atom stereocenters. The summed E-state index contributed by atoms with van der Waals surface area (Å²) in [5.74, 6) is 1.08. The molecule has 4 heteroatoms. The van der Waals surface area contributed by atoms with Crippen LogP contribution < -0.4 is 3.53 Å². The summed E-state index contributed by atoms with van der Waals surface area (Å²) in [6.07, 6.45) is 1.06. The van der Waals surface area contributed by atoms with Gasteiger partial charge in [-0.2, -0.15) is 5.10 Å². The van der Waals surface area contributed by atoms with Crippen molar-refractivity contribution in [2.45, 2.75) is 6.42 Å². The molecule has 1 N–H and O–H groups in total. The van der Waals surface area contributed by atoms with Gasteiger partial charge in [0.25, 0.3) is 0 Å². The van der Waals surface area contributed by atoms with Gasteiger partial charge < -0.3 is 3.53 Å². The molecule has 0 aromatic heterocycles. The average Bonchev–Trinajstić information content (AvgIpc) is 2.14. The molecule has 0 aromatic rings. The van der Waals surface area contributed by atoms with Crippen LogP contribution in [0.15, 0.2) is 5.10 Å². The highest BCUT2D eigenvalue weighted by Crippen LogP contribution is 2.00. The molecule has 0 saturated carbocycles. The molecule has 0 aromatic carbocycles.